The van der Waals surface area contributed by atoms with Crippen LogP contribution in [0.25, 0.3) is 6.08 Å². The van der Waals surface area contributed by atoms with E-state index >= 15 is 0 Å². The molecule has 5 nitrogen and oxygen atoms in total. The van der Waals surface area contributed by atoms with E-state index in [0.717, 1.165) is 28.0 Å². The van der Waals surface area contributed by atoms with Crippen LogP contribution in [-0.2, 0) is 17.0 Å². The monoisotopic (exact) mass is 511 g/mol. The summed E-state index contributed by atoms with van der Waals surface area (Å²) in [5.41, 5.74) is 2.23. The Balaban J connectivity index is 0.00000385. The maximum Gasteiger partial charge on any atom is 1.00 e. The number of aliphatic carboxylic acids is 1. The van der Waals surface area contributed by atoms with Gasteiger partial charge in [-0.05, 0) is 54.1 Å². The molecule has 0 aliphatic carbocycles. The molecule has 0 bridgehead atoms. The molecule has 0 amide bonds. The normalized spacial score (nSPS) is 10.6. The van der Waals surface area contributed by atoms with Gasteiger partial charge in [-0.15, -0.1) is 11.8 Å². The molecule has 1 heterocycles. The second kappa shape index (κ2) is 13.9. The number of rotatable bonds is 10. The van der Waals surface area contributed by atoms with Crippen molar-refractivity contribution < 1.29 is 48.9 Å². The molecule has 0 N–H and O–H groups in total. The van der Waals surface area contributed by atoms with Crippen LogP contribution in [0.3, 0.4) is 0 Å². The maximum absolute atomic E-state index is 10.9. The standard InChI is InChI=1S/C24H21Cl2NO4S.Na/c1-30-18-8-5-16(6-9-18)13-14-31-22-11-7-17(27-21(22)10-12-23(28)29)15-32-24-19(25)3-2-4-20(24)26;/h2-12H,13-15H2,1H3,(H,28,29);/q;+1/p-1/b12-10+;. The molecule has 0 aliphatic rings. The molecule has 3 aromatic rings. The van der Waals surface area contributed by atoms with Crippen molar-refractivity contribution in [1.29, 1.82) is 0 Å². The number of pyridine rings is 1. The third kappa shape index (κ3) is 8.56. The van der Waals surface area contributed by atoms with E-state index in [1.165, 1.54) is 17.8 Å². The fourth-order valence-corrected chi connectivity index (χ4v) is 4.40. The van der Waals surface area contributed by atoms with E-state index in [1.807, 2.05) is 30.3 Å². The van der Waals surface area contributed by atoms with E-state index in [0.29, 0.717) is 40.3 Å². The molecule has 0 fully saturated rings. The smallest absolute Gasteiger partial charge is 0.545 e. The first-order valence-electron chi connectivity index (χ1n) is 9.68. The second-order valence-electron chi connectivity index (χ2n) is 6.62. The first kappa shape index (κ1) is 27.6. The van der Waals surface area contributed by atoms with Gasteiger partial charge < -0.3 is 19.4 Å². The zero-order valence-corrected chi connectivity index (χ0v) is 22.5. The molecular formula is C24H20Cl2NNaO4S. The van der Waals surface area contributed by atoms with Gasteiger partial charge in [-0.2, -0.15) is 0 Å². The summed E-state index contributed by atoms with van der Waals surface area (Å²) in [6.07, 6.45) is 2.98. The molecule has 0 radical (unpaired) electrons. The molecule has 33 heavy (non-hydrogen) atoms. The molecular weight excluding hydrogens is 492 g/mol. The minimum atomic E-state index is -1.31. The van der Waals surface area contributed by atoms with E-state index in [2.05, 4.69) is 4.98 Å². The summed E-state index contributed by atoms with van der Waals surface area (Å²) in [4.78, 5) is 16.2. The van der Waals surface area contributed by atoms with Crippen LogP contribution in [0.2, 0.25) is 10.0 Å². The van der Waals surface area contributed by atoms with Crippen molar-refractivity contribution in [2.75, 3.05) is 13.7 Å². The summed E-state index contributed by atoms with van der Waals surface area (Å²) in [5, 5.41) is 12.0. The summed E-state index contributed by atoms with van der Waals surface area (Å²) >= 11 is 13.9. The third-order valence-corrected chi connectivity index (χ3v) is 6.43. The molecule has 3 rings (SSSR count). The summed E-state index contributed by atoms with van der Waals surface area (Å²) in [6, 6.07) is 16.7. The Hall–Kier alpha value is -1.67. The summed E-state index contributed by atoms with van der Waals surface area (Å²) in [7, 11) is 1.62. The number of hydrogen-bond acceptors (Lipinski definition) is 6. The van der Waals surface area contributed by atoms with Crippen molar-refractivity contribution in [2.24, 2.45) is 0 Å². The maximum atomic E-state index is 10.9. The van der Waals surface area contributed by atoms with Crippen LogP contribution >= 0.6 is 35.0 Å². The quantitative estimate of drug-likeness (QED) is 0.236. The summed E-state index contributed by atoms with van der Waals surface area (Å²) in [5.74, 6) is 0.473. The van der Waals surface area contributed by atoms with E-state index in [4.69, 9.17) is 32.7 Å². The number of carbonyl (C=O) groups is 1. The average Bonchev–Trinajstić information content (AvgIpc) is 2.78. The van der Waals surface area contributed by atoms with Crippen molar-refractivity contribution in [1.82, 2.24) is 4.98 Å². The van der Waals surface area contributed by atoms with Crippen LogP contribution in [-0.4, -0.2) is 24.7 Å². The SMILES string of the molecule is COc1ccc(CCOc2ccc(CSc3c(Cl)cccc3Cl)nc2/C=C/C(=O)[O-])cc1.[Na+]. The van der Waals surface area contributed by atoms with Crippen molar-refractivity contribution >= 4 is 47.0 Å². The van der Waals surface area contributed by atoms with Crippen molar-refractivity contribution in [3.8, 4) is 11.5 Å². The van der Waals surface area contributed by atoms with Crippen LogP contribution < -0.4 is 44.1 Å². The van der Waals surface area contributed by atoms with Gasteiger partial charge in [0.15, 0.2) is 0 Å². The van der Waals surface area contributed by atoms with Crippen molar-refractivity contribution in [3.63, 3.8) is 0 Å². The van der Waals surface area contributed by atoms with Gasteiger partial charge in [0.2, 0.25) is 0 Å². The van der Waals surface area contributed by atoms with E-state index in [1.54, 1.807) is 31.4 Å². The molecule has 0 aliphatic heterocycles. The minimum absolute atomic E-state index is 0. The van der Waals surface area contributed by atoms with Crippen LogP contribution in [0.15, 0.2) is 65.6 Å². The Kier molecular flexibility index (Phi) is 11.6. The van der Waals surface area contributed by atoms with Crippen LogP contribution in [0.4, 0.5) is 0 Å². The third-order valence-electron chi connectivity index (χ3n) is 4.41. The van der Waals surface area contributed by atoms with Gasteiger partial charge >= 0.3 is 29.6 Å². The number of halogens is 2. The van der Waals surface area contributed by atoms with Gasteiger partial charge in [-0.25, -0.2) is 4.98 Å². The number of ether oxygens (including phenoxy) is 2. The van der Waals surface area contributed by atoms with Crippen molar-refractivity contribution in [2.45, 2.75) is 17.1 Å². The first-order valence-corrected chi connectivity index (χ1v) is 11.4. The molecule has 0 spiro atoms. The summed E-state index contributed by atoms with van der Waals surface area (Å²) < 4.78 is 11.0. The van der Waals surface area contributed by atoms with Gasteiger partial charge in [-0.1, -0.05) is 41.4 Å². The number of nitrogens with zero attached hydrogens (tertiary/aromatic N) is 1. The van der Waals surface area contributed by atoms with E-state index in [-0.39, 0.29) is 29.6 Å². The van der Waals surface area contributed by atoms with Gasteiger partial charge in [0.05, 0.1) is 35.4 Å². The van der Waals surface area contributed by atoms with Crippen LogP contribution in [0.5, 0.6) is 11.5 Å². The van der Waals surface area contributed by atoms with Gasteiger partial charge in [0.25, 0.3) is 0 Å². The minimum Gasteiger partial charge on any atom is -0.545 e. The van der Waals surface area contributed by atoms with Gasteiger partial charge in [0, 0.05) is 17.1 Å². The number of carboxylic acid groups (broad SMARTS) is 1. The van der Waals surface area contributed by atoms with E-state index < -0.39 is 5.97 Å². The molecule has 1 aromatic heterocycles. The molecule has 9 heteroatoms. The van der Waals surface area contributed by atoms with Crippen LogP contribution in [0.1, 0.15) is 17.0 Å². The largest absolute Gasteiger partial charge is 1.00 e. The number of thioether (sulfide) groups is 1. The predicted octanol–water partition coefficient (Wildman–Crippen LogP) is 2.08. The van der Waals surface area contributed by atoms with Crippen molar-refractivity contribution in [3.05, 3.63) is 87.7 Å². The molecule has 166 valence electrons. The number of carboxylic acids is 1. The first-order chi connectivity index (χ1) is 15.5. The average molecular weight is 512 g/mol. The molecule has 0 atom stereocenters. The number of methoxy groups -OCH3 is 1. The van der Waals surface area contributed by atoms with Gasteiger partial charge in [0.1, 0.15) is 17.2 Å². The topological polar surface area (TPSA) is 71.5 Å². The Morgan fingerprint density at radius 3 is 2.42 bits per heavy atom. The molecule has 0 saturated carbocycles. The fourth-order valence-electron chi connectivity index (χ4n) is 2.81. The zero-order chi connectivity index (χ0) is 22.9. The number of carbonyl (C=O) groups excluding carboxylic acids is 1. The molecule has 0 unspecified atom stereocenters. The Morgan fingerprint density at radius 2 is 1.79 bits per heavy atom. The van der Waals surface area contributed by atoms with Gasteiger partial charge in [-0.3, -0.25) is 0 Å². The van der Waals surface area contributed by atoms with E-state index in [9.17, 15) is 9.90 Å². The Morgan fingerprint density at radius 1 is 1.09 bits per heavy atom. The Bertz CT molecular complexity index is 1090. The second-order valence-corrected chi connectivity index (χ2v) is 8.42. The number of aromatic nitrogens is 1. The number of hydrogen-bond donors (Lipinski definition) is 0. The predicted molar refractivity (Wildman–Crippen MR) is 126 cm³/mol. The number of benzene rings is 2. The summed E-state index contributed by atoms with van der Waals surface area (Å²) in [6.45, 7) is 0.406. The fraction of sp³-hybridized carbons (Fsp3) is 0.167. The Labute approximate surface area is 229 Å². The van der Waals surface area contributed by atoms with Crippen LogP contribution in [0, 0.1) is 0 Å². The molecule has 0 saturated heterocycles. The molecule has 2 aromatic carbocycles. The zero-order valence-electron chi connectivity index (χ0n) is 18.2.